The predicted octanol–water partition coefficient (Wildman–Crippen LogP) is 5.65. The number of aromatic nitrogens is 4. The summed E-state index contributed by atoms with van der Waals surface area (Å²) in [7, 11) is 0. The van der Waals surface area contributed by atoms with Gasteiger partial charge < -0.3 is 5.32 Å². The zero-order chi connectivity index (χ0) is 20.1. The number of rotatable bonds is 6. The average molecular weight is 393 g/mol. The molecule has 0 spiro atoms. The van der Waals surface area contributed by atoms with Gasteiger partial charge in [-0.1, -0.05) is 12.6 Å². The molecule has 0 amide bonds. The maximum absolute atomic E-state index is 4.94. The molecule has 2 aliphatic carbocycles. The normalized spacial score (nSPS) is 16.0. The maximum Gasteiger partial charge on any atom is 0.0893 e. The molecule has 2 aromatic carbocycles. The van der Waals surface area contributed by atoms with Crippen LogP contribution in [-0.4, -0.2) is 19.7 Å². The molecule has 2 fully saturated rings. The molecule has 5 nitrogen and oxygen atoms in total. The van der Waals surface area contributed by atoms with Gasteiger partial charge in [0.25, 0.3) is 0 Å². The molecule has 5 heteroatoms. The van der Waals surface area contributed by atoms with E-state index in [2.05, 4.69) is 56.9 Å². The van der Waals surface area contributed by atoms with Gasteiger partial charge in [-0.25, -0.2) is 4.68 Å². The smallest absolute Gasteiger partial charge is 0.0893 e. The van der Waals surface area contributed by atoms with E-state index in [9.17, 15) is 0 Å². The summed E-state index contributed by atoms with van der Waals surface area (Å²) >= 11 is 0. The van der Waals surface area contributed by atoms with E-state index in [1.807, 2.05) is 18.2 Å². The lowest BCUT2D eigenvalue weighted by Crippen LogP contribution is -2.02. The molecule has 30 heavy (non-hydrogen) atoms. The summed E-state index contributed by atoms with van der Waals surface area (Å²) in [4.78, 5) is 8.71. The lowest BCUT2D eigenvalue weighted by molar-refractivity contribution is 0.787. The number of nitrogens with zero attached hydrogens (tertiary/aromatic N) is 4. The second-order valence-corrected chi connectivity index (χ2v) is 8.36. The number of hydrogen-bond acceptors (Lipinski definition) is 4. The van der Waals surface area contributed by atoms with Crippen molar-refractivity contribution >= 4 is 22.4 Å². The highest BCUT2D eigenvalue weighted by atomic mass is 15.3. The molecule has 0 aliphatic heterocycles. The number of nitrogens with one attached hydrogen (secondary N) is 1. The largest absolute Gasteiger partial charge is 0.356 e. The number of anilines is 1. The molecule has 2 saturated carbocycles. The van der Waals surface area contributed by atoms with E-state index >= 15 is 0 Å². The molecule has 6 rings (SSSR count). The van der Waals surface area contributed by atoms with Crippen LogP contribution < -0.4 is 5.32 Å². The Labute approximate surface area is 175 Å². The number of benzene rings is 2. The topological polar surface area (TPSA) is 55.6 Å². The van der Waals surface area contributed by atoms with E-state index in [1.54, 1.807) is 12.4 Å². The Morgan fingerprint density at radius 2 is 1.60 bits per heavy atom. The monoisotopic (exact) mass is 393 g/mol. The van der Waals surface area contributed by atoms with Crippen molar-refractivity contribution < 1.29 is 0 Å². The Morgan fingerprint density at radius 3 is 2.33 bits per heavy atom. The third-order valence-corrected chi connectivity index (χ3v) is 5.97. The second-order valence-electron chi connectivity index (χ2n) is 8.36. The fourth-order valence-corrected chi connectivity index (χ4v) is 3.95. The highest BCUT2D eigenvalue weighted by Crippen LogP contribution is 2.45. The van der Waals surface area contributed by atoms with Crippen molar-refractivity contribution in [1.29, 1.82) is 0 Å². The first-order valence-electron chi connectivity index (χ1n) is 10.6. The summed E-state index contributed by atoms with van der Waals surface area (Å²) in [5, 5.41) is 8.35. The molecule has 0 saturated heterocycles. The molecule has 0 unspecified atom stereocenters. The lowest BCUT2D eigenvalue weighted by Gasteiger charge is -2.12. The van der Waals surface area contributed by atoms with Crippen LogP contribution in [0.3, 0.4) is 0 Å². The molecular formula is C25H23N5. The first-order chi connectivity index (χ1) is 14.7. The summed E-state index contributed by atoms with van der Waals surface area (Å²) in [5.41, 5.74) is 8.37. The molecule has 2 aliphatic rings. The molecule has 0 radical (unpaired) electrons. The highest BCUT2D eigenvalue weighted by molar-refractivity contribution is 5.83. The van der Waals surface area contributed by atoms with Gasteiger partial charge in [0.1, 0.15) is 0 Å². The average Bonchev–Trinajstić information content (AvgIpc) is 3.72. The van der Waals surface area contributed by atoms with Crippen molar-refractivity contribution in [2.45, 2.75) is 37.5 Å². The molecule has 4 aromatic rings. The summed E-state index contributed by atoms with van der Waals surface area (Å²) in [5.74, 6) is 1.36. The summed E-state index contributed by atoms with van der Waals surface area (Å²) in [6.07, 6.45) is 8.55. The van der Waals surface area contributed by atoms with E-state index in [0.29, 0.717) is 11.8 Å². The van der Waals surface area contributed by atoms with E-state index < -0.39 is 0 Å². The van der Waals surface area contributed by atoms with Crippen molar-refractivity contribution in [3.63, 3.8) is 0 Å². The second kappa shape index (κ2) is 6.80. The summed E-state index contributed by atoms with van der Waals surface area (Å²) < 4.78 is 2.16. The minimum atomic E-state index is 0.679. The van der Waals surface area contributed by atoms with Gasteiger partial charge in [-0.15, -0.1) is 0 Å². The zero-order valence-electron chi connectivity index (χ0n) is 16.8. The first kappa shape index (κ1) is 17.4. The van der Waals surface area contributed by atoms with Crippen LogP contribution in [0.4, 0.5) is 5.69 Å². The Balaban J connectivity index is 1.23. The molecular weight excluding hydrogens is 370 g/mol. The summed E-state index contributed by atoms with van der Waals surface area (Å²) in [6, 6.07) is 16.8. The van der Waals surface area contributed by atoms with Gasteiger partial charge in [0.15, 0.2) is 0 Å². The van der Waals surface area contributed by atoms with E-state index in [1.165, 1.54) is 37.1 Å². The Morgan fingerprint density at radius 1 is 0.867 bits per heavy atom. The lowest BCUT2D eigenvalue weighted by atomic mass is 10.1. The highest BCUT2D eigenvalue weighted by Gasteiger charge is 2.32. The quantitative estimate of drug-likeness (QED) is 0.460. The van der Waals surface area contributed by atoms with Crippen molar-refractivity contribution in [3.8, 4) is 5.69 Å². The third kappa shape index (κ3) is 3.26. The number of hydrogen-bond donors (Lipinski definition) is 1. The standard InChI is InChI=1S/C25H23N5/c1-16(19-6-11-22-24(14-19)27-13-12-26-22)28-20-7-9-21(10-8-20)30-25(18-4-5-18)15-23(29-30)17-2-3-17/h6-15,17-18,28H,1-5H2. The van der Waals surface area contributed by atoms with Gasteiger partial charge >= 0.3 is 0 Å². The van der Waals surface area contributed by atoms with Crippen LogP contribution in [0.2, 0.25) is 0 Å². The molecule has 2 heterocycles. The van der Waals surface area contributed by atoms with Crippen molar-refractivity contribution in [3.05, 3.63) is 84.5 Å². The van der Waals surface area contributed by atoms with Gasteiger partial charge in [-0.2, -0.15) is 5.10 Å². The fourth-order valence-electron chi connectivity index (χ4n) is 3.95. The Hall–Kier alpha value is -3.47. The third-order valence-electron chi connectivity index (χ3n) is 5.97. The van der Waals surface area contributed by atoms with Crippen LogP contribution in [0.25, 0.3) is 22.4 Å². The molecule has 0 bridgehead atoms. The van der Waals surface area contributed by atoms with E-state index in [-0.39, 0.29) is 0 Å². The van der Waals surface area contributed by atoms with Crippen LogP contribution in [0, 0.1) is 0 Å². The van der Waals surface area contributed by atoms with Crippen LogP contribution in [0.1, 0.15) is 54.5 Å². The minimum absolute atomic E-state index is 0.679. The van der Waals surface area contributed by atoms with Crippen molar-refractivity contribution in [2.24, 2.45) is 0 Å². The molecule has 1 N–H and O–H groups in total. The predicted molar refractivity (Wildman–Crippen MR) is 120 cm³/mol. The van der Waals surface area contributed by atoms with Gasteiger partial charge in [-0.05, 0) is 73.7 Å². The van der Waals surface area contributed by atoms with Gasteiger partial charge in [0.2, 0.25) is 0 Å². The van der Waals surface area contributed by atoms with Crippen LogP contribution >= 0.6 is 0 Å². The number of fused-ring (bicyclic) bond motifs is 1. The van der Waals surface area contributed by atoms with E-state index in [4.69, 9.17) is 5.10 Å². The Kier molecular flexibility index (Phi) is 3.94. The van der Waals surface area contributed by atoms with Gasteiger partial charge in [0, 0.05) is 41.3 Å². The summed E-state index contributed by atoms with van der Waals surface area (Å²) in [6.45, 7) is 4.21. The van der Waals surface area contributed by atoms with Gasteiger partial charge in [-0.3, -0.25) is 9.97 Å². The maximum atomic E-state index is 4.94. The fraction of sp³-hybridized carbons (Fsp3) is 0.240. The van der Waals surface area contributed by atoms with E-state index in [0.717, 1.165) is 33.7 Å². The first-order valence-corrected chi connectivity index (χ1v) is 10.6. The molecule has 148 valence electrons. The van der Waals surface area contributed by atoms with Crippen molar-refractivity contribution in [1.82, 2.24) is 19.7 Å². The molecule has 2 aromatic heterocycles. The Bertz CT molecular complexity index is 1250. The van der Waals surface area contributed by atoms with Crippen LogP contribution in [0.15, 0.2) is 67.5 Å². The minimum Gasteiger partial charge on any atom is -0.356 e. The van der Waals surface area contributed by atoms with Crippen LogP contribution in [0.5, 0.6) is 0 Å². The molecule has 0 atom stereocenters. The van der Waals surface area contributed by atoms with Crippen molar-refractivity contribution in [2.75, 3.05) is 5.32 Å². The SMILES string of the molecule is C=C(Nc1ccc(-n2nc(C3CC3)cc2C2CC2)cc1)c1ccc2nccnc2c1. The zero-order valence-corrected chi connectivity index (χ0v) is 16.8. The van der Waals surface area contributed by atoms with Gasteiger partial charge in [0.05, 0.1) is 22.4 Å². The van der Waals surface area contributed by atoms with Crippen LogP contribution in [-0.2, 0) is 0 Å².